The van der Waals surface area contributed by atoms with Crippen LogP contribution in [0.4, 0.5) is 13.2 Å². The van der Waals surface area contributed by atoms with Gasteiger partial charge < -0.3 is 5.32 Å². The van der Waals surface area contributed by atoms with Crippen LogP contribution in [0.5, 0.6) is 0 Å². The fraction of sp³-hybridized carbons (Fsp3) is 0.375. The van der Waals surface area contributed by atoms with E-state index in [1.54, 1.807) is 4.68 Å². The zero-order valence-corrected chi connectivity index (χ0v) is 12.9. The largest absolute Gasteiger partial charge is 0.405 e. The maximum absolute atomic E-state index is 12.1. The van der Waals surface area contributed by atoms with Gasteiger partial charge in [0.05, 0.1) is 11.4 Å². The van der Waals surface area contributed by atoms with E-state index in [1.807, 2.05) is 49.5 Å². The predicted octanol–water partition coefficient (Wildman–Crippen LogP) is 3.10. The molecule has 1 amide bonds. The fourth-order valence-corrected chi connectivity index (χ4v) is 2.38. The van der Waals surface area contributed by atoms with Crippen LogP contribution in [0.25, 0.3) is 5.69 Å². The van der Waals surface area contributed by atoms with Crippen molar-refractivity contribution in [2.75, 3.05) is 6.54 Å². The second-order valence-corrected chi connectivity index (χ2v) is 5.29. The van der Waals surface area contributed by atoms with E-state index in [0.717, 1.165) is 22.6 Å². The highest BCUT2D eigenvalue weighted by Gasteiger charge is 2.27. The van der Waals surface area contributed by atoms with Gasteiger partial charge in [0.25, 0.3) is 0 Å². The number of alkyl halides is 3. The Kier molecular flexibility index (Phi) is 5.08. The number of nitrogens with zero attached hydrogens (tertiary/aromatic N) is 2. The molecule has 4 nitrogen and oxygen atoms in total. The summed E-state index contributed by atoms with van der Waals surface area (Å²) in [4.78, 5) is 11.5. The Morgan fingerprint density at radius 2 is 1.87 bits per heavy atom. The van der Waals surface area contributed by atoms with E-state index >= 15 is 0 Å². The highest BCUT2D eigenvalue weighted by molar-refractivity contribution is 5.76. The lowest BCUT2D eigenvalue weighted by molar-refractivity contribution is -0.138. The number of hydrogen-bond acceptors (Lipinski definition) is 2. The molecule has 1 aromatic carbocycles. The van der Waals surface area contributed by atoms with E-state index in [4.69, 9.17) is 0 Å². The van der Waals surface area contributed by atoms with Crippen molar-refractivity contribution < 1.29 is 18.0 Å². The molecule has 1 heterocycles. The summed E-state index contributed by atoms with van der Waals surface area (Å²) in [7, 11) is 0. The van der Waals surface area contributed by atoms with E-state index in [2.05, 4.69) is 5.10 Å². The fourth-order valence-electron chi connectivity index (χ4n) is 2.38. The maximum atomic E-state index is 12.1. The first-order valence-corrected chi connectivity index (χ1v) is 7.22. The number of aromatic nitrogens is 2. The van der Waals surface area contributed by atoms with E-state index in [-0.39, 0.29) is 6.42 Å². The van der Waals surface area contributed by atoms with Gasteiger partial charge in [-0.3, -0.25) is 4.79 Å². The van der Waals surface area contributed by atoms with E-state index in [1.165, 1.54) is 0 Å². The quantitative estimate of drug-likeness (QED) is 0.918. The summed E-state index contributed by atoms with van der Waals surface area (Å²) >= 11 is 0. The molecule has 2 aromatic rings. The Balaban J connectivity index is 2.04. The second kappa shape index (κ2) is 6.85. The number of carbonyl (C=O) groups excluding carboxylic acids is 1. The number of carbonyl (C=O) groups is 1. The predicted molar refractivity (Wildman–Crippen MR) is 80.4 cm³/mol. The van der Waals surface area contributed by atoms with Gasteiger partial charge in [-0.25, -0.2) is 4.68 Å². The summed E-state index contributed by atoms with van der Waals surface area (Å²) in [5.74, 6) is -0.617. The van der Waals surface area contributed by atoms with Crippen molar-refractivity contribution >= 4 is 5.91 Å². The molecule has 0 saturated heterocycles. The molecule has 0 bridgehead atoms. The summed E-state index contributed by atoms with van der Waals surface area (Å²) in [6.45, 7) is 2.42. The van der Waals surface area contributed by atoms with Crippen molar-refractivity contribution in [1.82, 2.24) is 15.1 Å². The minimum absolute atomic E-state index is 0.00174. The maximum Gasteiger partial charge on any atom is 0.405 e. The molecule has 0 aliphatic heterocycles. The summed E-state index contributed by atoms with van der Waals surface area (Å²) in [6, 6.07) is 9.53. The lowest BCUT2D eigenvalue weighted by atomic mass is 10.1. The van der Waals surface area contributed by atoms with E-state index in [0.29, 0.717) is 6.42 Å². The highest BCUT2D eigenvalue weighted by Crippen LogP contribution is 2.19. The summed E-state index contributed by atoms with van der Waals surface area (Å²) in [6.07, 6.45) is -4.04. The number of halogens is 3. The molecule has 1 aromatic heterocycles. The molecule has 0 atom stereocenters. The van der Waals surface area contributed by atoms with Crippen LogP contribution in [0.15, 0.2) is 30.3 Å². The molecule has 2 rings (SSSR count). The van der Waals surface area contributed by atoms with Crippen molar-refractivity contribution in [1.29, 1.82) is 0 Å². The van der Waals surface area contributed by atoms with Crippen LogP contribution in [0.3, 0.4) is 0 Å². The molecule has 23 heavy (non-hydrogen) atoms. The number of rotatable bonds is 5. The standard InChI is InChI=1S/C16H18F3N3O/c1-11-14(8-9-15(23)20-10-16(17,18)19)12(2)22(21-11)13-6-4-3-5-7-13/h3-7H,8-10H2,1-2H3,(H,20,23). The van der Waals surface area contributed by atoms with Crippen LogP contribution in [0, 0.1) is 13.8 Å². The Hall–Kier alpha value is -2.31. The molecule has 0 aliphatic carbocycles. The van der Waals surface area contributed by atoms with Gasteiger partial charge in [0.1, 0.15) is 6.54 Å². The SMILES string of the molecule is Cc1nn(-c2ccccc2)c(C)c1CCC(=O)NCC(F)(F)F. The zero-order chi connectivity index (χ0) is 17.0. The molecule has 7 heteroatoms. The normalized spacial score (nSPS) is 11.5. The summed E-state index contributed by atoms with van der Waals surface area (Å²) in [5, 5.41) is 6.33. The molecular formula is C16H18F3N3O. The first-order chi connectivity index (χ1) is 10.8. The summed E-state index contributed by atoms with van der Waals surface area (Å²) < 4.78 is 38.0. The topological polar surface area (TPSA) is 46.9 Å². The minimum atomic E-state index is -4.39. The van der Waals surface area contributed by atoms with Gasteiger partial charge in [0, 0.05) is 12.1 Å². The molecular weight excluding hydrogens is 307 g/mol. The van der Waals surface area contributed by atoms with Crippen molar-refractivity contribution in [3.63, 3.8) is 0 Å². The van der Waals surface area contributed by atoms with Crippen molar-refractivity contribution in [2.24, 2.45) is 0 Å². The van der Waals surface area contributed by atoms with Gasteiger partial charge in [0.2, 0.25) is 5.91 Å². The number of amides is 1. The second-order valence-electron chi connectivity index (χ2n) is 5.29. The third kappa shape index (κ3) is 4.58. The zero-order valence-electron chi connectivity index (χ0n) is 12.9. The third-order valence-corrected chi connectivity index (χ3v) is 3.53. The van der Waals surface area contributed by atoms with Crippen LogP contribution in [0.1, 0.15) is 23.4 Å². The Morgan fingerprint density at radius 1 is 1.22 bits per heavy atom. The highest BCUT2D eigenvalue weighted by atomic mass is 19.4. The molecule has 0 radical (unpaired) electrons. The van der Waals surface area contributed by atoms with Crippen LogP contribution < -0.4 is 5.32 Å². The smallest absolute Gasteiger partial charge is 0.347 e. The number of para-hydroxylation sites is 1. The lowest BCUT2D eigenvalue weighted by Crippen LogP contribution is -2.33. The van der Waals surface area contributed by atoms with Crippen LogP contribution in [-0.4, -0.2) is 28.4 Å². The Morgan fingerprint density at radius 3 is 2.48 bits per heavy atom. The van der Waals surface area contributed by atoms with Crippen molar-refractivity contribution in [3.8, 4) is 5.69 Å². The third-order valence-electron chi connectivity index (χ3n) is 3.53. The molecule has 0 saturated carbocycles. The number of aryl methyl sites for hydroxylation is 1. The minimum Gasteiger partial charge on any atom is -0.347 e. The van der Waals surface area contributed by atoms with Gasteiger partial charge in [-0.2, -0.15) is 18.3 Å². The Bertz CT molecular complexity index is 678. The van der Waals surface area contributed by atoms with E-state index < -0.39 is 18.6 Å². The first kappa shape index (κ1) is 17.1. The monoisotopic (exact) mass is 325 g/mol. The van der Waals surface area contributed by atoms with E-state index in [9.17, 15) is 18.0 Å². The van der Waals surface area contributed by atoms with Gasteiger partial charge in [0.15, 0.2) is 0 Å². The molecule has 124 valence electrons. The molecule has 0 aliphatic rings. The van der Waals surface area contributed by atoms with Crippen molar-refractivity contribution in [2.45, 2.75) is 32.9 Å². The average Bonchev–Trinajstić information content (AvgIpc) is 2.78. The van der Waals surface area contributed by atoms with Crippen LogP contribution in [0.2, 0.25) is 0 Å². The van der Waals surface area contributed by atoms with Gasteiger partial charge in [-0.1, -0.05) is 18.2 Å². The Labute approximate surface area is 132 Å². The van der Waals surface area contributed by atoms with Gasteiger partial charge in [-0.05, 0) is 38.0 Å². The summed E-state index contributed by atoms with van der Waals surface area (Å²) in [5.41, 5.74) is 3.45. The number of nitrogens with one attached hydrogen (secondary N) is 1. The van der Waals surface area contributed by atoms with Crippen LogP contribution >= 0.6 is 0 Å². The molecule has 0 unspecified atom stereocenters. The average molecular weight is 325 g/mol. The van der Waals surface area contributed by atoms with Gasteiger partial charge >= 0.3 is 6.18 Å². The number of benzene rings is 1. The van der Waals surface area contributed by atoms with Crippen molar-refractivity contribution in [3.05, 3.63) is 47.3 Å². The van der Waals surface area contributed by atoms with Crippen LogP contribution in [-0.2, 0) is 11.2 Å². The first-order valence-electron chi connectivity index (χ1n) is 7.22. The molecule has 1 N–H and O–H groups in total. The van der Waals surface area contributed by atoms with Gasteiger partial charge in [-0.15, -0.1) is 0 Å². The lowest BCUT2D eigenvalue weighted by Gasteiger charge is -2.08. The molecule has 0 fully saturated rings. The number of hydrogen-bond donors (Lipinski definition) is 1. The molecule has 0 spiro atoms.